The molecule has 1 fully saturated rings. The molecule has 0 aliphatic carbocycles. The molecule has 7 heteroatoms. The summed E-state index contributed by atoms with van der Waals surface area (Å²) in [6, 6.07) is 14.4. The summed E-state index contributed by atoms with van der Waals surface area (Å²) >= 11 is 0. The molecule has 1 amide bonds. The average Bonchev–Trinajstić information content (AvgIpc) is 3.45. The van der Waals surface area contributed by atoms with Crippen LogP contribution in [0.25, 0.3) is 10.9 Å². The highest BCUT2D eigenvalue weighted by Crippen LogP contribution is 2.25. The van der Waals surface area contributed by atoms with Crippen LogP contribution >= 0.6 is 0 Å². The fraction of sp³-hybridized carbons (Fsp3) is 0.444. The number of hydrogen-bond acceptors (Lipinski definition) is 4. The van der Waals surface area contributed by atoms with Crippen LogP contribution in [-0.2, 0) is 22.7 Å². The zero-order chi connectivity index (χ0) is 23.8. The van der Waals surface area contributed by atoms with E-state index in [9.17, 15) is 9.18 Å². The standard InChI is InChI=1S/C27H34FN3O3/c1-33-25-9-10-26-22(15-25)14-24(30-26)17-31-13-11-20(16-31)4-2-3-12-29-27(32)19-34-18-21-5-7-23(28)8-6-21/h5-10,14-15,20,30H,2-4,11-13,16-19H2,1H3,(H,29,32). The van der Waals surface area contributed by atoms with E-state index in [1.807, 2.05) is 6.07 Å². The first kappa shape index (κ1) is 24.2. The van der Waals surface area contributed by atoms with Crippen molar-refractivity contribution in [1.82, 2.24) is 15.2 Å². The lowest BCUT2D eigenvalue weighted by Crippen LogP contribution is -2.28. The number of aromatic amines is 1. The normalized spacial score (nSPS) is 16.2. The Bertz CT molecular complexity index is 1070. The molecule has 1 aliphatic rings. The van der Waals surface area contributed by atoms with E-state index in [-0.39, 0.29) is 18.3 Å². The second kappa shape index (κ2) is 12.0. The number of unbranched alkanes of at least 4 members (excludes halogenated alkanes) is 1. The van der Waals surface area contributed by atoms with Gasteiger partial charge in [-0.05, 0) is 73.7 Å². The number of hydrogen-bond donors (Lipinski definition) is 2. The van der Waals surface area contributed by atoms with Gasteiger partial charge >= 0.3 is 0 Å². The quantitative estimate of drug-likeness (QED) is 0.381. The Morgan fingerprint density at radius 3 is 2.85 bits per heavy atom. The van der Waals surface area contributed by atoms with E-state index in [4.69, 9.17) is 9.47 Å². The molecule has 6 nitrogen and oxygen atoms in total. The SMILES string of the molecule is COc1ccc2[nH]c(CN3CCC(CCCCNC(=O)COCc4ccc(F)cc4)C3)cc2c1. The smallest absolute Gasteiger partial charge is 0.246 e. The van der Waals surface area contributed by atoms with Crippen molar-refractivity contribution >= 4 is 16.8 Å². The third-order valence-electron chi connectivity index (χ3n) is 6.42. The number of halogens is 1. The lowest BCUT2D eigenvalue weighted by atomic mass is 10.0. The third kappa shape index (κ3) is 7.05. The van der Waals surface area contributed by atoms with Crippen LogP contribution in [0.1, 0.15) is 36.9 Å². The number of likely N-dealkylation sites (tertiary alicyclic amines) is 1. The molecular formula is C27H34FN3O3. The van der Waals surface area contributed by atoms with E-state index in [2.05, 4.69) is 33.4 Å². The Labute approximate surface area is 200 Å². The van der Waals surface area contributed by atoms with Crippen LogP contribution in [0, 0.1) is 11.7 Å². The first-order valence-corrected chi connectivity index (χ1v) is 12.1. The van der Waals surface area contributed by atoms with Crippen molar-refractivity contribution in [2.45, 2.75) is 38.8 Å². The molecule has 1 aliphatic heterocycles. The van der Waals surface area contributed by atoms with Crippen LogP contribution in [0.5, 0.6) is 5.75 Å². The summed E-state index contributed by atoms with van der Waals surface area (Å²) in [5.74, 6) is 1.22. The van der Waals surface area contributed by atoms with Gasteiger partial charge in [0, 0.05) is 36.2 Å². The summed E-state index contributed by atoms with van der Waals surface area (Å²) in [5, 5.41) is 4.11. The maximum atomic E-state index is 12.9. The van der Waals surface area contributed by atoms with E-state index in [1.54, 1.807) is 19.2 Å². The van der Waals surface area contributed by atoms with Crippen LogP contribution in [0.2, 0.25) is 0 Å². The zero-order valence-electron chi connectivity index (χ0n) is 19.8. The van der Waals surface area contributed by atoms with E-state index in [0.29, 0.717) is 13.2 Å². The predicted molar refractivity (Wildman–Crippen MR) is 131 cm³/mol. The molecule has 1 atom stereocenters. The van der Waals surface area contributed by atoms with Gasteiger partial charge in [-0.1, -0.05) is 18.6 Å². The van der Waals surface area contributed by atoms with Gasteiger partial charge in [0.15, 0.2) is 0 Å². The Kier molecular flexibility index (Phi) is 8.55. The van der Waals surface area contributed by atoms with Gasteiger partial charge in [0.25, 0.3) is 0 Å². The molecule has 1 saturated heterocycles. The van der Waals surface area contributed by atoms with Crippen molar-refractivity contribution in [2.75, 3.05) is 33.4 Å². The Morgan fingerprint density at radius 1 is 1.18 bits per heavy atom. The van der Waals surface area contributed by atoms with Gasteiger partial charge in [-0.2, -0.15) is 0 Å². The van der Waals surface area contributed by atoms with E-state index in [1.165, 1.54) is 36.1 Å². The number of carbonyl (C=O) groups excluding carboxylic acids is 1. The van der Waals surface area contributed by atoms with Crippen molar-refractivity contribution in [3.05, 3.63) is 65.6 Å². The highest BCUT2D eigenvalue weighted by Gasteiger charge is 2.22. The molecule has 0 spiro atoms. The maximum absolute atomic E-state index is 12.9. The number of benzene rings is 2. The minimum absolute atomic E-state index is 0.0233. The number of nitrogens with zero attached hydrogens (tertiary/aromatic N) is 1. The van der Waals surface area contributed by atoms with Crippen molar-refractivity contribution in [2.24, 2.45) is 5.92 Å². The molecule has 0 saturated carbocycles. The van der Waals surface area contributed by atoms with Gasteiger partial charge in [-0.15, -0.1) is 0 Å². The zero-order valence-corrected chi connectivity index (χ0v) is 19.8. The maximum Gasteiger partial charge on any atom is 0.246 e. The van der Waals surface area contributed by atoms with Gasteiger partial charge in [-0.25, -0.2) is 4.39 Å². The Hall–Kier alpha value is -2.90. The van der Waals surface area contributed by atoms with Crippen LogP contribution in [-0.4, -0.2) is 49.1 Å². The van der Waals surface area contributed by atoms with Gasteiger partial charge in [0.05, 0.1) is 13.7 Å². The highest BCUT2D eigenvalue weighted by molar-refractivity contribution is 5.81. The highest BCUT2D eigenvalue weighted by atomic mass is 19.1. The molecular weight excluding hydrogens is 433 g/mol. The number of aromatic nitrogens is 1. The number of fused-ring (bicyclic) bond motifs is 1. The molecule has 2 N–H and O–H groups in total. The van der Waals surface area contributed by atoms with E-state index < -0.39 is 0 Å². The summed E-state index contributed by atoms with van der Waals surface area (Å²) < 4.78 is 23.6. The molecule has 182 valence electrons. The van der Waals surface area contributed by atoms with Gasteiger partial charge in [-0.3, -0.25) is 9.69 Å². The first-order valence-electron chi connectivity index (χ1n) is 12.1. The van der Waals surface area contributed by atoms with Crippen molar-refractivity contribution in [3.63, 3.8) is 0 Å². The Morgan fingerprint density at radius 2 is 2.03 bits per heavy atom. The number of nitrogens with one attached hydrogen (secondary N) is 2. The molecule has 1 aromatic heterocycles. The van der Waals surface area contributed by atoms with Crippen LogP contribution in [0.3, 0.4) is 0 Å². The largest absolute Gasteiger partial charge is 0.497 e. The van der Waals surface area contributed by atoms with Crippen molar-refractivity contribution < 1.29 is 18.7 Å². The lowest BCUT2D eigenvalue weighted by Gasteiger charge is -2.15. The van der Waals surface area contributed by atoms with Crippen LogP contribution < -0.4 is 10.1 Å². The monoisotopic (exact) mass is 467 g/mol. The van der Waals surface area contributed by atoms with Crippen molar-refractivity contribution in [3.8, 4) is 5.75 Å². The third-order valence-corrected chi connectivity index (χ3v) is 6.42. The molecule has 2 aromatic carbocycles. The fourth-order valence-electron chi connectivity index (χ4n) is 4.60. The number of rotatable bonds is 12. The predicted octanol–water partition coefficient (Wildman–Crippen LogP) is 4.64. The molecule has 4 rings (SSSR count). The molecule has 34 heavy (non-hydrogen) atoms. The molecule has 3 aromatic rings. The summed E-state index contributed by atoms with van der Waals surface area (Å²) in [4.78, 5) is 18.0. The van der Waals surface area contributed by atoms with Crippen molar-refractivity contribution in [1.29, 1.82) is 0 Å². The summed E-state index contributed by atoms with van der Waals surface area (Å²) in [6.07, 6.45) is 4.51. The van der Waals surface area contributed by atoms with Crippen LogP contribution in [0.15, 0.2) is 48.5 Å². The fourth-order valence-corrected chi connectivity index (χ4v) is 4.60. The average molecular weight is 468 g/mol. The molecule has 0 radical (unpaired) electrons. The summed E-state index contributed by atoms with van der Waals surface area (Å²) in [7, 11) is 1.69. The van der Waals surface area contributed by atoms with E-state index in [0.717, 1.165) is 55.2 Å². The number of H-pyrrole nitrogens is 1. The minimum atomic E-state index is -0.276. The van der Waals surface area contributed by atoms with Gasteiger partial charge in [0.2, 0.25) is 5.91 Å². The second-order valence-corrected chi connectivity index (χ2v) is 9.10. The number of amides is 1. The molecule has 1 unspecified atom stereocenters. The molecule has 0 bridgehead atoms. The van der Waals surface area contributed by atoms with Crippen LogP contribution in [0.4, 0.5) is 4.39 Å². The second-order valence-electron chi connectivity index (χ2n) is 9.10. The summed E-state index contributed by atoms with van der Waals surface area (Å²) in [5.41, 5.74) is 3.24. The molecule has 2 heterocycles. The van der Waals surface area contributed by atoms with E-state index >= 15 is 0 Å². The topological polar surface area (TPSA) is 66.6 Å². The first-order chi connectivity index (χ1) is 16.6. The summed E-state index contributed by atoms with van der Waals surface area (Å²) in [6.45, 7) is 4.21. The number of carbonyl (C=O) groups is 1. The number of ether oxygens (including phenoxy) is 2. The lowest BCUT2D eigenvalue weighted by molar-refractivity contribution is -0.126. The van der Waals surface area contributed by atoms with Gasteiger partial charge < -0.3 is 19.8 Å². The van der Waals surface area contributed by atoms with Gasteiger partial charge in [0.1, 0.15) is 18.2 Å². The Balaban J connectivity index is 1.07. The number of methoxy groups -OCH3 is 1. The minimum Gasteiger partial charge on any atom is -0.497 e.